The van der Waals surface area contributed by atoms with Crippen LogP contribution in [0.5, 0.6) is 5.75 Å². The molecule has 38 heavy (non-hydrogen) atoms. The predicted molar refractivity (Wildman–Crippen MR) is 154 cm³/mol. The number of piperidine rings is 1. The van der Waals surface area contributed by atoms with Crippen LogP contribution in [0.1, 0.15) is 37.9 Å². The third kappa shape index (κ3) is 5.04. The number of aromatic nitrogens is 1. The van der Waals surface area contributed by atoms with Crippen LogP contribution < -0.4 is 10.5 Å². The van der Waals surface area contributed by atoms with E-state index in [2.05, 4.69) is 72.4 Å². The van der Waals surface area contributed by atoms with Gasteiger partial charge in [0, 0.05) is 65.4 Å². The third-order valence-electron chi connectivity index (χ3n) is 7.63. The van der Waals surface area contributed by atoms with Crippen LogP contribution in [0.3, 0.4) is 0 Å². The highest BCUT2D eigenvalue weighted by Gasteiger charge is 2.25. The first-order valence-corrected chi connectivity index (χ1v) is 13.2. The normalized spacial score (nSPS) is 18.5. The Morgan fingerprint density at radius 1 is 1.13 bits per heavy atom. The summed E-state index contributed by atoms with van der Waals surface area (Å²) in [5.41, 5.74) is 13.3. The second-order valence-electron chi connectivity index (χ2n) is 10.2. The number of nitrogens with two attached hydrogens (primary N) is 1. The topological polar surface area (TPSA) is 63.7 Å². The predicted octanol–water partition coefficient (Wildman–Crippen LogP) is 5.67. The maximum absolute atomic E-state index is 13.1. The lowest BCUT2D eigenvalue weighted by molar-refractivity contribution is -0.127. The quantitative estimate of drug-likeness (QED) is 0.466. The van der Waals surface area contributed by atoms with Crippen LogP contribution in [0.15, 0.2) is 96.5 Å². The van der Waals surface area contributed by atoms with Gasteiger partial charge in [0.2, 0.25) is 0 Å². The minimum absolute atomic E-state index is 0.0233. The van der Waals surface area contributed by atoms with Crippen molar-refractivity contribution < 1.29 is 9.53 Å². The monoisotopic (exact) mass is 508 g/mol. The van der Waals surface area contributed by atoms with Gasteiger partial charge in [0.1, 0.15) is 5.75 Å². The summed E-state index contributed by atoms with van der Waals surface area (Å²) in [6, 6.07) is 19.0. The highest BCUT2D eigenvalue weighted by Crippen LogP contribution is 2.32. The highest BCUT2D eigenvalue weighted by atomic mass is 16.5. The van der Waals surface area contributed by atoms with Crippen molar-refractivity contribution in [2.24, 2.45) is 5.73 Å². The molecule has 2 aliphatic rings. The molecule has 3 heterocycles. The number of allylic oxidation sites excluding steroid dienone is 3. The molecule has 2 aromatic carbocycles. The number of rotatable bonds is 6. The van der Waals surface area contributed by atoms with Gasteiger partial charge >= 0.3 is 0 Å². The van der Waals surface area contributed by atoms with Gasteiger partial charge in [0.05, 0.1) is 7.11 Å². The second-order valence-corrected chi connectivity index (χ2v) is 10.2. The summed E-state index contributed by atoms with van der Waals surface area (Å²) in [6.45, 7) is 10.6. The Morgan fingerprint density at radius 2 is 1.89 bits per heavy atom. The molecule has 1 atom stereocenters. The van der Waals surface area contributed by atoms with E-state index in [4.69, 9.17) is 10.5 Å². The Morgan fingerprint density at radius 3 is 2.61 bits per heavy atom. The zero-order valence-electron chi connectivity index (χ0n) is 22.5. The van der Waals surface area contributed by atoms with E-state index in [1.165, 1.54) is 16.5 Å². The lowest BCUT2D eigenvalue weighted by Crippen LogP contribution is -2.46. The van der Waals surface area contributed by atoms with Crippen molar-refractivity contribution in [3.63, 3.8) is 0 Å². The van der Waals surface area contributed by atoms with Crippen molar-refractivity contribution in [1.29, 1.82) is 0 Å². The van der Waals surface area contributed by atoms with Crippen molar-refractivity contribution in [1.82, 2.24) is 14.4 Å². The van der Waals surface area contributed by atoms with E-state index in [1.807, 2.05) is 35.4 Å². The first-order valence-electron chi connectivity index (χ1n) is 13.2. The fourth-order valence-electron chi connectivity index (χ4n) is 5.36. The molecule has 2 aliphatic heterocycles. The molecular formula is C32H36N4O2. The number of benzene rings is 2. The molecule has 1 unspecified atom stereocenters. The zero-order valence-corrected chi connectivity index (χ0v) is 22.5. The van der Waals surface area contributed by atoms with Crippen LogP contribution in [-0.4, -0.2) is 46.5 Å². The lowest BCUT2D eigenvalue weighted by atomic mass is 10.0. The van der Waals surface area contributed by atoms with Gasteiger partial charge in [-0.25, -0.2) is 0 Å². The summed E-state index contributed by atoms with van der Waals surface area (Å²) in [5, 5.41) is 1.20. The smallest absolute Gasteiger partial charge is 0.254 e. The van der Waals surface area contributed by atoms with Crippen molar-refractivity contribution in [2.45, 2.75) is 39.3 Å². The first kappa shape index (κ1) is 25.6. The van der Waals surface area contributed by atoms with E-state index in [9.17, 15) is 4.79 Å². The number of ether oxygens (including phenoxy) is 1. The third-order valence-corrected chi connectivity index (χ3v) is 7.63. The summed E-state index contributed by atoms with van der Waals surface area (Å²) in [4.78, 5) is 17.0. The molecule has 1 saturated heterocycles. The maximum Gasteiger partial charge on any atom is 0.254 e. The molecule has 2 N–H and O–H groups in total. The second kappa shape index (κ2) is 10.8. The molecular weight excluding hydrogens is 472 g/mol. The van der Waals surface area contributed by atoms with Crippen molar-refractivity contribution in [2.75, 3.05) is 20.2 Å². The van der Waals surface area contributed by atoms with Crippen LogP contribution >= 0.6 is 0 Å². The SMILES string of the molecule is C=C1C=C(C(=O)N2CCCC(N)C2)C=CN1/C(C)=C(\C)c1cc2ccccc2n1Cc1ccc(OC)cc1. The largest absolute Gasteiger partial charge is 0.497 e. The molecule has 3 aromatic rings. The standard InChI is InChI=1S/C32H36N4O2/c1-22-18-27(32(37)34-16-7-9-28(33)21-34)15-17-35(22)24(3)23(2)31-19-26-8-5-6-10-30(26)36(31)20-25-11-13-29(38-4)14-12-25/h5-6,8,10-15,17-19,28H,1,7,9,16,20-21,33H2,2-4H3/b24-23+. The number of nitrogens with zero attached hydrogens (tertiary/aromatic N) is 3. The summed E-state index contributed by atoms with van der Waals surface area (Å²) in [7, 11) is 1.68. The molecule has 0 bridgehead atoms. The molecule has 1 aromatic heterocycles. The summed E-state index contributed by atoms with van der Waals surface area (Å²) in [5.74, 6) is 0.873. The molecule has 6 heteroatoms. The number of hydrogen-bond donors (Lipinski definition) is 1. The molecule has 0 radical (unpaired) electrons. The van der Waals surface area contributed by atoms with E-state index in [0.29, 0.717) is 12.1 Å². The average Bonchev–Trinajstić information content (AvgIpc) is 3.30. The van der Waals surface area contributed by atoms with Crippen LogP contribution in [0, 0.1) is 0 Å². The van der Waals surface area contributed by atoms with E-state index >= 15 is 0 Å². The highest BCUT2D eigenvalue weighted by molar-refractivity contribution is 5.97. The number of methoxy groups -OCH3 is 1. The minimum atomic E-state index is 0.0233. The average molecular weight is 509 g/mol. The van der Waals surface area contributed by atoms with E-state index in [0.717, 1.165) is 54.3 Å². The fourth-order valence-corrected chi connectivity index (χ4v) is 5.36. The number of fused-ring (bicyclic) bond motifs is 1. The van der Waals surface area contributed by atoms with Gasteiger partial charge in [0.15, 0.2) is 0 Å². The Hall–Kier alpha value is -4.03. The van der Waals surface area contributed by atoms with Crippen molar-refractivity contribution in [3.05, 3.63) is 108 Å². The molecule has 196 valence electrons. The molecule has 0 aliphatic carbocycles. The maximum atomic E-state index is 13.1. The van der Waals surface area contributed by atoms with Crippen LogP contribution in [0.2, 0.25) is 0 Å². The number of hydrogen-bond acceptors (Lipinski definition) is 4. The summed E-state index contributed by atoms with van der Waals surface area (Å²) in [6.07, 6.45) is 7.64. The van der Waals surface area contributed by atoms with Gasteiger partial charge in [-0.05, 0) is 74.2 Å². The minimum Gasteiger partial charge on any atom is -0.497 e. The van der Waals surface area contributed by atoms with Gasteiger partial charge < -0.3 is 24.8 Å². The molecule has 6 nitrogen and oxygen atoms in total. The van der Waals surface area contributed by atoms with Crippen LogP contribution in [-0.2, 0) is 11.3 Å². The molecule has 5 rings (SSSR count). The number of carbonyl (C=O) groups excluding carboxylic acids is 1. The number of carbonyl (C=O) groups is 1. The van der Waals surface area contributed by atoms with Gasteiger partial charge in [0.25, 0.3) is 5.91 Å². The van der Waals surface area contributed by atoms with Crippen molar-refractivity contribution in [3.8, 4) is 5.75 Å². The van der Waals surface area contributed by atoms with Gasteiger partial charge in [-0.1, -0.05) is 36.9 Å². The Bertz CT molecular complexity index is 1460. The molecule has 1 fully saturated rings. The molecule has 0 saturated carbocycles. The first-order chi connectivity index (χ1) is 18.4. The number of likely N-dealkylation sites (tertiary alicyclic amines) is 1. The van der Waals surface area contributed by atoms with E-state index < -0.39 is 0 Å². The summed E-state index contributed by atoms with van der Waals surface area (Å²) < 4.78 is 7.70. The lowest BCUT2D eigenvalue weighted by Gasteiger charge is -2.32. The van der Waals surface area contributed by atoms with Gasteiger partial charge in [-0.15, -0.1) is 0 Å². The molecule has 1 amide bonds. The van der Waals surface area contributed by atoms with Crippen molar-refractivity contribution >= 4 is 22.4 Å². The Kier molecular flexibility index (Phi) is 7.25. The number of para-hydroxylation sites is 1. The molecule has 0 spiro atoms. The Labute approximate surface area is 225 Å². The fraction of sp³-hybridized carbons (Fsp3) is 0.281. The summed E-state index contributed by atoms with van der Waals surface area (Å²) >= 11 is 0. The van der Waals surface area contributed by atoms with E-state index in [1.54, 1.807) is 7.11 Å². The van der Waals surface area contributed by atoms with Gasteiger partial charge in [-0.3, -0.25) is 4.79 Å². The zero-order chi connectivity index (χ0) is 26.8. The van der Waals surface area contributed by atoms with Gasteiger partial charge in [-0.2, -0.15) is 0 Å². The van der Waals surface area contributed by atoms with Crippen LogP contribution in [0.25, 0.3) is 16.5 Å². The Balaban J connectivity index is 1.44. The van der Waals surface area contributed by atoms with E-state index in [-0.39, 0.29) is 11.9 Å². The number of amides is 1. The van der Waals surface area contributed by atoms with Crippen LogP contribution in [0.4, 0.5) is 0 Å².